The lowest BCUT2D eigenvalue weighted by Crippen LogP contribution is -2.51. The van der Waals surface area contributed by atoms with E-state index in [-0.39, 0.29) is 24.0 Å². The maximum Gasteiger partial charge on any atom is 0.192 e. The summed E-state index contributed by atoms with van der Waals surface area (Å²) in [5, 5.41) is 15.6. The van der Waals surface area contributed by atoms with Crippen LogP contribution in [0.1, 0.15) is 35.6 Å². The first-order valence-electron chi connectivity index (χ1n) is 11.4. The molecular weight excluding hydrogens is 525 g/mol. The summed E-state index contributed by atoms with van der Waals surface area (Å²) in [6.07, 6.45) is 2.32. The van der Waals surface area contributed by atoms with Gasteiger partial charge in [0.2, 0.25) is 0 Å². The summed E-state index contributed by atoms with van der Waals surface area (Å²) in [5.74, 6) is 2.62. The summed E-state index contributed by atoms with van der Waals surface area (Å²) in [5.41, 5.74) is 2.55. The SMILES string of the molecule is Cc1nnc(CNC(=NCc2ccccc2)NC2CCCN(Cc3ccccc3)C2)n1C.I. The van der Waals surface area contributed by atoms with Gasteiger partial charge in [0.1, 0.15) is 5.82 Å². The number of piperidine rings is 1. The number of likely N-dealkylation sites (tertiary alicyclic amines) is 1. The van der Waals surface area contributed by atoms with Crippen LogP contribution in [0.2, 0.25) is 0 Å². The quantitative estimate of drug-likeness (QED) is 0.263. The fourth-order valence-corrected chi connectivity index (χ4v) is 4.03. The highest BCUT2D eigenvalue weighted by atomic mass is 127. The van der Waals surface area contributed by atoms with Crippen LogP contribution in [0, 0.1) is 6.92 Å². The number of aliphatic imine (C=N–C) groups is 1. The molecule has 1 aliphatic rings. The number of nitrogens with one attached hydrogen (secondary N) is 2. The molecule has 8 heteroatoms. The monoisotopic (exact) mass is 559 g/mol. The van der Waals surface area contributed by atoms with Crippen LogP contribution in [-0.4, -0.2) is 44.8 Å². The molecule has 1 aliphatic heterocycles. The molecule has 1 unspecified atom stereocenters. The lowest BCUT2D eigenvalue weighted by molar-refractivity contribution is 0.192. The van der Waals surface area contributed by atoms with E-state index in [1.54, 1.807) is 0 Å². The molecule has 0 aliphatic carbocycles. The molecule has 33 heavy (non-hydrogen) atoms. The van der Waals surface area contributed by atoms with Crippen molar-refractivity contribution in [3.8, 4) is 0 Å². The van der Waals surface area contributed by atoms with E-state index >= 15 is 0 Å². The second-order valence-electron chi connectivity index (χ2n) is 8.43. The molecule has 1 atom stereocenters. The zero-order valence-electron chi connectivity index (χ0n) is 19.4. The number of hydrogen-bond donors (Lipinski definition) is 2. The van der Waals surface area contributed by atoms with Crippen LogP contribution in [0.5, 0.6) is 0 Å². The van der Waals surface area contributed by atoms with Gasteiger partial charge in [-0.3, -0.25) is 4.90 Å². The molecule has 0 radical (unpaired) electrons. The van der Waals surface area contributed by atoms with E-state index in [2.05, 4.69) is 80.3 Å². The number of benzene rings is 2. The highest BCUT2D eigenvalue weighted by Gasteiger charge is 2.21. The van der Waals surface area contributed by atoms with E-state index in [4.69, 9.17) is 4.99 Å². The molecule has 2 aromatic carbocycles. The van der Waals surface area contributed by atoms with Crippen LogP contribution in [-0.2, 0) is 26.7 Å². The third-order valence-electron chi connectivity index (χ3n) is 5.95. The average Bonchev–Trinajstić information content (AvgIpc) is 3.14. The van der Waals surface area contributed by atoms with Gasteiger partial charge in [0.05, 0.1) is 13.1 Å². The standard InChI is InChI=1S/C25H33N7.HI/c1-20-29-30-24(31(20)2)17-27-25(26-16-21-10-5-3-6-11-21)28-23-14-9-15-32(19-23)18-22-12-7-4-8-13-22;/h3-8,10-13,23H,9,14-19H2,1-2H3,(H2,26,27,28);1H. The van der Waals surface area contributed by atoms with E-state index in [1.165, 1.54) is 17.5 Å². The minimum atomic E-state index is 0. The van der Waals surface area contributed by atoms with Crippen LogP contribution in [0.15, 0.2) is 65.7 Å². The normalized spacial score (nSPS) is 16.8. The highest BCUT2D eigenvalue weighted by Crippen LogP contribution is 2.14. The van der Waals surface area contributed by atoms with Crippen molar-refractivity contribution >= 4 is 29.9 Å². The number of rotatable bonds is 7. The van der Waals surface area contributed by atoms with Gasteiger partial charge < -0.3 is 15.2 Å². The summed E-state index contributed by atoms with van der Waals surface area (Å²) >= 11 is 0. The van der Waals surface area contributed by atoms with Crippen molar-refractivity contribution in [3.05, 3.63) is 83.4 Å². The molecule has 1 saturated heterocycles. The molecule has 2 heterocycles. The van der Waals surface area contributed by atoms with Gasteiger partial charge in [0.15, 0.2) is 11.8 Å². The van der Waals surface area contributed by atoms with Crippen LogP contribution in [0.3, 0.4) is 0 Å². The molecule has 4 rings (SSSR count). The van der Waals surface area contributed by atoms with Gasteiger partial charge in [-0.2, -0.15) is 0 Å². The number of aromatic nitrogens is 3. The molecule has 0 bridgehead atoms. The van der Waals surface area contributed by atoms with Gasteiger partial charge in [-0.15, -0.1) is 34.2 Å². The van der Waals surface area contributed by atoms with Gasteiger partial charge >= 0.3 is 0 Å². The Balaban J connectivity index is 0.00000306. The number of hydrogen-bond acceptors (Lipinski definition) is 4. The highest BCUT2D eigenvalue weighted by molar-refractivity contribution is 14.0. The van der Waals surface area contributed by atoms with E-state index in [1.807, 2.05) is 24.6 Å². The largest absolute Gasteiger partial charge is 0.352 e. The average molecular weight is 560 g/mol. The van der Waals surface area contributed by atoms with Crippen molar-refractivity contribution in [2.45, 2.75) is 45.4 Å². The van der Waals surface area contributed by atoms with Crippen molar-refractivity contribution in [2.75, 3.05) is 13.1 Å². The zero-order chi connectivity index (χ0) is 22.2. The number of aryl methyl sites for hydroxylation is 1. The topological polar surface area (TPSA) is 70.4 Å². The minimum absolute atomic E-state index is 0. The molecule has 176 valence electrons. The molecule has 2 N–H and O–H groups in total. The van der Waals surface area contributed by atoms with Crippen molar-refractivity contribution in [1.82, 2.24) is 30.3 Å². The summed E-state index contributed by atoms with van der Waals surface area (Å²) in [6.45, 7) is 6.30. The Labute approximate surface area is 213 Å². The Morgan fingerprint density at radius 3 is 2.39 bits per heavy atom. The lowest BCUT2D eigenvalue weighted by atomic mass is 10.0. The predicted octanol–water partition coefficient (Wildman–Crippen LogP) is 3.64. The minimum Gasteiger partial charge on any atom is -0.352 e. The molecule has 1 aromatic heterocycles. The van der Waals surface area contributed by atoms with Crippen LogP contribution in [0.25, 0.3) is 0 Å². The molecule has 3 aromatic rings. The van der Waals surface area contributed by atoms with Crippen LogP contribution < -0.4 is 10.6 Å². The van der Waals surface area contributed by atoms with Gasteiger partial charge in [-0.05, 0) is 37.4 Å². The van der Waals surface area contributed by atoms with E-state index in [0.717, 1.165) is 43.7 Å². The summed E-state index contributed by atoms with van der Waals surface area (Å²) in [7, 11) is 1.99. The Hall–Kier alpha value is -2.46. The van der Waals surface area contributed by atoms with Crippen molar-refractivity contribution < 1.29 is 0 Å². The Kier molecular flexibility index (Phi) is 9.68. The third-order valence-corrected chi connectivity index (χ3v) is 5.95. The Morgan fingerprint density at radius 1 is 1.03 bits per heavy atom. The second kappa shape index (κ2) is 12.7. The third kappa shape index (κ3) is 7.53. The first kappa shape index (κ1) is 25.2. The summed E-state index contributed by atoms with van der Waals surface area (Å²) in [4.78, 5) is 7.39. The molecular formula is C25H34IN7. The summed E-state index contributed by atoms with van der Waals surface area (Å²) < 4.78 is 2.00. The Bertz CT molecular complexity index is 1000. The summed E-state index contributed by atoms with van der Waals surface area (Å²) in [6, 6.07) is 21.4. The first-order chi connectivity index (χ1) is 15.7. The second-order valence-corrected chi connectivity index (χ2v) is 8.43. The molecule has 7 nitrogen and oxygen atoms in total. The maximum absolute atomic E-state index is 4.87. The van der Waals surface area contributed by atoms with Crippen LogP contribution in [0.4, 0.5) is 0 Å². The van der Waals surface area contributed by atoms with Gasteiger partial charge in [-0.25, -0.2) is 4.99 Å². The van der Waals surface area contributed by atoms with Gasteiger partial charge in [0, 0.05) is 26.2 Å². The van der Waals surface area contributed by atoms with Crippen LogP contribution >= 0.6 is 24.0 Å². The lowest BCUT2D eigenvalue weighted by Gasteiger charge is -2.34. The first-order valence-corrected chi connectivity index (χ1v) is 11.4. The van der Waals surface area contributed by atoms with E-state index in [0.29, 0.717) is 19.1 Å². The van der Waals surface area contributed by atoms with Crippen molar-refractivity contribution in [2.24, 2.45) is 12.0 Å². The zero-order valence-corrected chi connectivity index (χ0v) is 21.8. The van der Waals surface area contributed by atoms with Crippen molar-refractivity contribution in [1.29, 1.82) is 0 Å². The van der Waals surface area contributed by atoms with Gasteiger partial charge in [0.25, 0.3) is 0 Å². The van der Waals surface area contributed by atoms with E-state index < -0.39 is 0 Å². The molecule has 0 saturated carbocycles. The smallest absolute Gasteiger partial charge is 0.192 e. The molecule has 0 amide bonds. The number of nitrogens with zero attached hydrogens (tertiary/aromatic N) is 5. The number of guanidine groups is 1. The number of halogens is 1. The predicted molar refractivity (Wildman–Crippen MR) is 143 cm³/mol. The van der Waals surface area contributed by atoms with E-state index in [9.17, 15) is 0 Å². The van der Waals surface area contributed by atoms with Gasteiger partial charge in [-0.1, -0.05) is 60.7 Å². The molecule has 0 spiro atoms. The Morgan fingerprint density at radius 2 is 1.73 bits per heavy atom. The fraction of sp³-hybridized carbons (Fsp3) is 0.400. The molecule has 1 fully saturated rings. The fourth-order valence-electron chi connectivity index (χ4n) is 4.03. The van der Waals surface area contributed by atoms with Crippen molar-refractivity contribution in [3.63, 3.8) is 0 Å². The maximum atomic E-state index is 4.87.